The van der Waals surface area contributed by atoms with Crippen molar-refractivity contribution in [3.05, 3.63) is 40.4 Å². The van der Waals surface area contributed by atoms with E-state index in [-0.39, 0.29) is 5.69 Å². The molecule has 0 unspecified atom stereocenters. The minimum Gasteiger partial charge on any atom is -0.477 e. The Morgan fingerprint density at radius 3 is 2.83 bits per heavy atom. The van der Waals surface area contributed by atoms with Crippen LogP contribution in [0.4, 0.5) is 0 Å². The highest BCUT2D eigenvalue weighted by atomic mass is 35.5. The quantitative estimate of drug-likeness (QED) is 0.924. The Balaban J connectivity index is 2.37. The van der Waals surface area contributed by atoms with Gasteiger partial charge in [-0.25, -0.2) is 4.79 Å². The molecule has 2 aromatic heterocycles. The van der Waals surface area contributed by atoms with Gasteiger partial charge in [-0.05, 0) is 18.6 Å². The molecule has 2 heterocycles. The van der Waals surface area contributed by atoms with Crippen LogP contribution in [0.1, 0.15) is 28.8 Å². The third-order valence-electron chi connectivity index (χ3n) is 2.87. The summed E-state index contributed by atoms with van der Waals surface area (Å²) in [4.78, 5) is 11.0. The lowest BCUT2D eigenvalue weighted by Gasteiger charge is -2.07. The predicted molar refractivity (Wildman–Crippen MR) is 68.1 cm³/mol. The van der Waals surface area contributed by atoms with Gasteiger partial charge in [-0.15, -0.1) is 0 Å². The van der Waals surface area contributed by atoms with E-state index in [1.165, 1.54) is 0 Å². The summed E-state index contributed by atoms with van der Waals surface area (Å²) in [7, 11) is 1.81. The first kappa shape index (κ1) is 12.7. The lowest BCUT2D eigenvalue weighted by atomic mass is 10.3. The Morgan fingerprint density at radius 1 is 1.56 bits per heavy atom. The van der Waals surface area contributed by atoms with Gasteiger partial charge in [0.1, 0.15) is 5.69 Å². The molecule has 0 saturated carbocycles. The fourth-order valence-electron chi connectivity index (χ4n) is 1.90. The zero-order chi connectivity index (χ0) is 13.3. The molecule has 18 heavy (non-hydrogen) atoms. The lowest BCUT2D eigenvalue weighted by molar-refractivity contribution is 0.0685. The normalized spacial score (nSPS) is 10.8. The van der Waals surface area contributed by atoms with Crippen LogP contribution in [-0.4, -0.2) is 25.4 Å². The highest BCUT2D eigenvalue weighted by Crippen LogP contribution is 2.22. The third kappa shape index (κ3) is 2.13. The molecule has 0 aliphatic rings. The molecule has 6 heteroatoms. The highest BCUT2D eigenvalue weighted by molar-refractivity contribution is 6.31. The molecule has 0 aliphatic carbocycles. The number of carboxylic acid groups (broad SMARTS) is 1. The topological polar surface area (TPSA) is 60.0 Å². The molecule has 96 valence electrons. The van der Waals surface area contributed by atoms with Crippen molar-refractivity contribution >= 4 is 17.6 Å². The van der Waals surface area contributed by atoms with E-state index in [0.29, 0.717) is 11.6 Å². The summed E-state index contributed by atoms with van der Waals surface area (Å²) in [6, 6.07) is 3.27. The molecule has 0 spiro atoms. The molecule has 0 radical (unpaired) electrons. The first-order chi connectivity index (χ1) is 8.54. The van der Waals surface area contributed by atoms with Crippen molar-refractivity contribution in [2.45, 2.75) is 19.9 Å². The number of halogens is 1. The van der Waals surface area contributed by atoms with E-state index in [0.717, 1.165) is 17.8 Å². The summed E-state index contributed by atoms with van der Waals surface area (Å²) in [5.74, 6) is -0.950. The molecular formula is C12H14ClN3O2. The van der Waals surface area contributed by atoms with Crippen LogP contribution in [0.3, 0.4) is 0 Å². The highest BCUT2D eigenvalue weighted by Gasteiger charge is 2.16. The number of aromatic nitrogens is 3. The van der Waals surface area contributed by atoms with Crippen LogP contribution in [0.25, 0.3) is 0 Å². The largest absolute Gasteiger partial charge is 0.477 e. The Kier molecular flexibility index (Phi) is 3.43. The molecule has 2 rings (SSSR count). The van der Waals surface area contributed by atoms with Crippen molar-refractivity contribution in [2.75, 3.05) is 0 Å². The van der Waals surface area contributed by atoms with E-state index in [2.05, 4.69) is 5.10 Å². The van der Waals surface area contributed by atoms with Crippen molar-refractivity contribution in [3.63, 3.8) is 0 Å². The van der Waals surface area contributed by atoms with Crippen LogP contribution in [0.15, 0.2) is 18.3 Å². The molecule has 0 bridgehead atoms. The summed E-state index contributed by atoms with van der Waals surface area (Å²) in [5.41, 5.74) is 1.88. The Bertz CT molecular complexity index is 586. The maximum absolute atomic E-state index is 11.0. The van der Waals surface area contributed by atoms with Crippen molar-refractivity contribution in [3.8, 4) is 0 Å². The SMILES string of the molecule is CCc1nn(C)c(Cn2cccc2C(=O)O)c1Cl. The van der Waals surface area contributed by atoms with Gasteiger partial charge in [-0.3, -0.25) is 4.68 Å². The van der Waals surface area contributed by atoms with E-state index < -0.39 is 5.97 Å². The van der Waals surface area contributed by atoms with Crippen LogP contribution < -0.4 is 0 Å². The standard InChI is InChI=1S/C12H14ClN3O2/c1-3-8-11(13)10(15(2)14-8)7-16-6-4-5-9(16)12(17)18/h4-6H,3,7H2,1-2H3,(H,17,18). The second kappa shape index (κ2) is 4.86. The average Bonchev–Trinajstić information content (AvgIpc) is 2.88. The smallest absolute Gasteiger partial charge is 0.352 e. The van der Waals surface area contributed by atoms with Crippen LogP contribution in [0, 0.1) is 0 Å². The Labute approximate surface area is 110 Å². The fourth-order valence-corrected chi connectivity index (χ4v) is 2.25. The minimum absolute atomic E-state index is 0.241. The number of carbonyl (C=O) groups is 1. The van der Waals surface area contributed by atoms with Gasteiger partial charge < -0.3 is 9.67 Å². The lowest BCUT2D eigenvalue weighted by Crippen LogP contribution is -2.11. The fraction of sp³-hybridized carbons (Fsp3) is 0.333. The van der Waals surface area contributed by atoms with Crippen LogP contribution in [-0.2, 0) is 20.0 Å². The maximum atomic E-state index is 11.0. The van der Waals surface area contributed by atoms with E-state index in [4.69, 9.17) is 16.7 Å². The van der Waals surface area contributed by atoms with Gasteiger partial charge in [0.15, 0.2) is 0 Å². The van der Waals surface area contributed by atoms with E-state index >= 15 is 0 Å². The molecule has 0 aromatic carbocycles. The number of carboxylic acids is 1. The predicted octanol–water partition coefficient (Wildman–Crippen LogP) is 2.18. The van der Waals surface area contributed by atoms with Gasteiger partial charge in [-0.2, -0.15) is 5.10 Å². The molecule has 0 aliphatic heterocycles. The minimum atomic E-state index is -0.950. The van der Waals surface area contributed by atoms with E-state index in [1.807, 2.05) is 14.0 Å². The second-order valence-electron chi connectivity index (χ2n) is 4.01. The molecule has 0 saturated heterocycles. The van der Waals surface area contributed by atoms with Gasteiger partial charge in [0.2, 0.25) is 0 Å². The molecule has 2 aromatic rings. The maximum Gasteiger partial charge on any atom is 0.352 e. The van der Waals surface area contributed by atoms with Crippen molar-refractivity contribution < 1.29 is 9.90 Å². The van der Waals surface area contributed by atoms with Gasteiger partial charge in [-0.1, -0.05) is 18.5 Å². The molecule has 0 fully saturated rings. The third-order valence-corrected chi connectivity index (χ3v) is 3.31. The Morgan fingerprint density at radius 2 is 2.28 bits per heavy atom. The molecule has 0 atom stereocenters. The molecule has 0 amide bonds. The summed E-state index contributed by atoms with van der Waals surface area (Å²) >= 11 is 6.23. The monoisotopic (exact) mass is 267 g/mol. The van der Waals surface area contributed by atoms with Crippen molar-refractivity contribution in [2.24, 2.45) is 7.05 Å². The molecule has 1 N–H and O–H groups in total. The number of hydrogen-bond donors (Lipinski definition) is 1. The summed E-state index contributed by atoms with van der Waals surface area (Å²) < 4.78 is 3.34. The number of hydrogen-bond acceptors (Lipinski definition) is 2. The number of rotatable bonds is 4. The summed E-state index contributed by atoms with van der Waals surface area (Å²) in [5, 5.41) is 14.0. The van der Waals surface area contributed by atoms with Gasteiger partial charge >= 0.3 is 5.97 Å². The molecular weight excluding hydrogens is 254 g/mol. The molecule has 5 nitrogen and oxygen atoms in total. The zero-order valence-corrected chi connectivity index (χ0v) is 11.0. The van der Waals surface area contributed by atoms with Gasteiger partial charge in [0, 0.05) is 13.2 Å². The number of aryl methyl sites for hydroxylation is 2. The van der Waals surface area contributed by atoms with E-state index in [1.54, 1.807) is 27.6 Å². The number of aromatic carboxylic acids is 1. The summed E-state index contributed by atoms with van der Waals surface area (Å²) in [6.07, 6.45) is 2.47. The van der Waals surface area contributed by atoms with Crippen LogP contribution in [0.5, 0.6) is 0 Å². The van der Waals surface area contributed by atoms with E-state index in [9.17, 15) is 4.79 Å². The Hall–Kier alpha value is -1.75. The first-order valence-electron chi connectivity index (χ1n) is 5.63. The second-order valence-corrected chi connectivity index (χ2v) is 4.39. The van der Waals surface area contributed by atoms with Crippen LogP contribution >= 0.6 is 11.6 Å². The van der Waals surface area contributed by atoms with Gasteiger partial charge in [0.25, 0.3) is 0 Å². The first-order valence-corrected chi connectivity index (χ1v) is 6.01. The number of nitrogens with zero attached hydrogens (tertiary/aromatic N) is 3. The summed E-state index contributed by atoms with van der Waals surface area (Å²) in [6.45, 7) is 2.38. The zero-order valence-electron chi connectivity index (χ0n) is 10.2. The van der Waals surface area contributed by atoms with Crippen LogP contribution in [0.2, 0.25) is 5.02 Å². The average molecular weight is 268 g/mol. The van der Waals surface area contributed by atoms with Gasteiger partial charge in [0.05, 0.1) is 23.0 Å². The van der Waals surface area contributed by atoms with Crippen molar-refractivity contribution in [1.29, 1.82) is 0 Å². The van der Waals surface area contributed by atoms with Crippen molar-refractivity contribution in [1.82, 2.24) is 14.3 Å².